The number of alkyl halides is 3. The summed E-state index contributed by atoms with van der Waals surface area (Å²) in [7, 11) is 1.39. The van der Waals surface area contributed by atoms with Crippen LogP contribution in [0.3, 0.4) is 0 Å². The van der Waals surface area contributed by atoms with Crippen LogP contribution < -0.4 is 10.2 Å². The van der Waals surface area contributed by atoms with Gasteiger partial charge in [-0.15, -0.1) is 0 Å². The lowest BCUT2D eigenvalue weighted by atomic mass is 9.88. The van der Waals surface area contributed by atoms with Gasteiger partial charge < -0.3 is 10.2 Å². The Kier molecular flexibility index (Phi) is 6.61. The number of nitrogens with zero attached hydrogens (tertiary/aromatic N) is 3. The second kappa shape index (κ2) is 9.54. The Bertz CT molecular complexity index is 1410. The minimum atomic E-state index is -4.63. The molecule has 0 spiro atoms. The van der Waals surface area contributed by atoms with E-state index in [0.29, 0.717) is 0 Å². The van der Waals surface area contributed by atoms with Gasteiger partial charge in [-0.3, -0.25) is 19.3 Å². The number of carbonyl (C=O) groups excluding carboxylic acids is 4. The van der Waals surface area contributed by atoms with Crippen LogP contribution in [0.2, 0.25) is 0 Å². The van der Waals surface area contributed by atoms with Gasteiger partial charge in [0.25, 0.3) is 0 Å². The van der Waals surface area contributed by atoms with Gasteiger partial charge >= 0.3 is 12.2 Å². The van der Waals surface area contributed by atoms with Crippen LogP contribution in [0.4, 0.5) is 23.7 Å². The number of halogens is 3. The lowest BCUT2D eigenvalue weighted by Gasteiger charge is -2.41. The molecular formula is C26H21F3N4O4. The van der Waals surface area contributed by atoms with Gasteiger partial charge in [-0.05, 0) is 42.3 Å². The number of amides is 3. The fourth-order valence-electron chi connectivity index (χ4n) is 4.64. The zero-order valence-corrected chi connectivity index (χ0v) is 19.8. The highest BCUT2D eigenvalue weighted by Crippen LogP contribution is 2.45. The third-order valence-electron chi connectivity index (χ3n) is 6.33. The van der Waals surface area contributed by atoms with Crippen LogP contribution in [-0.2, 0) is 15.8 Å². The Hall–Kier alpha value is -4.46. The predicted octanol–water partition coefficient (Wildman–Crippen LogP) is 4.13. The van der Waals surface area contributed by atoms with Crippen LogP contribution in [0.5, 0.6) is 0 Å². The summed E-state index contributed by atoms with van der Waals surface area (Å²) in [6.07, 6.45) is -4.45. The summed E-state index contributed by atoms with van der Waals surface area (Å²) < 4.78 is 40.1. The predicted molar refractivity (Wildman–Crippen MR) is 125 cm³/mol. The molecule has 4 rings (SSSR count). The Morgan fingerprint density at radius 1 is 1.14 bits per heavy atom. The lowest BCUT2D eigenvalue weighted by Crippen LogP contribution is -2.48. The Balaban J connectivity index is 1.87. The first-order valence-electron chi connectivity index (χ1n) is 11.3. The van der Waals surface area contributed by atoms with Gasteiger partial charge in [0.15, 0.2) is 11.6 Å². The van der Waals surface area contributed by atoms with E-state index in [9.17, 15) is 37.6 Å². The number of hydrogen-bond acceptors (Lipinski definition) is 5. The smallest absolute Gasteiger partial charge is 0.349 e. The average Bonchev–Trinajstić information content (AvgIpc) is 3.23. The van der Waals surface area contributed by atoms with Crippen LogP contribution in [0.1, 0.15) is 52.9 Å². The first-order chi connectivity index (χ1) is 17.4. The highest BCUT2D eigenvalue weighted by Gasteiger charge is 2.45. The maximum absolute atomic E-state index is 13.6. The molecule has 11 heteroatoms. The number of nitrogens with one attached hydrogen (secondary N) is 1. The molecule has 37 heavy (non-hydrogen) atoms. The Morgan fingerprint density at radius 3 is 2.51 bits per heavy atom. The van der Waals surface area contributed by atoms with Crippen molar-refractivity contribution in [3.05, 3.63) is 76.0 Å². The monoisotopic (exact) mass is 510 g/mol. The molecule has 0 bridgehead atoms. The molecule has 1 atom stereocenters. The molecule has 0 radical (unpaired) electrons. The van der Waals surface area contributed by atoms with Crippen molar-refractivity contribution >= 4 is 29.2 Å². The molecular weight excluding hydrogens is 489 g/mol. The van der Waals surface area contributed by atoms with E-state index < -0.39 is 35.5 Å². The van der Waals surface area contributed by atoms with Crippen molar-refractivity contribution in [3.63, 3.8) is 0 Å². The van der Waals surface area contributed by atoms with Crippen LogP contribution in [0.25, 0.3) is 0 Å². The number of carbonyl (C=O) groups is 4. The number of anilines is 1. The number of Topliss-reactive ketones (excluding diaryl/α,β-unsaturated/α-hetero) is 2. The highest BCUT2D eigenvalue weighted by atomic mass is 19.4. The fraction of sp³-hybridized carbons (Fsp3) is 0.269. The molecule has 0 fully saturated rings. The van der Waals surface area contributed by atoms with E-state index in [1.165, 1.54) is 49.2 Å². The maximum Gasteiger partial charge on any atom is 0.416 e. The summed E-state index contributed by atoms with van der Waals surface area (Å²) in [5, 5.41) is 11.7. The van der Waals surface area contributed by atoms with Crippen molar-refractivity contribution in [2.45, 2.75) is 32.0 Å². The zero-order valence-electron chi connectivity index (χ0n) is 19.8. The molecule has 1 unspecified atom stereocenters. The number of ketones is 2. The zero-order chi connectivity index (χ0) is 27.1. The molecule has 0 saturated carbocycles. The number of nitriles is 1. The SMILES string of the molecule is CC(=O)NCC(=O)c1cc(C#N)ccc1C1C2=C(CCC2=O)N(c2cccc(C(F)(F)F)c2)C(=O)N1C. The second-order valence-corrected chi connectivity index (χ2v) is 8.71. The number of allylic oxidation sites excluding steroid dienone is 1. The number of likely N-dealkylation sites (N-methyl/N-ethyl adjacent to an activating group) is 1. The van der Waals surface area contributed by atoms with Crippen molar-refractivity contribution < 1.29 is 32.3 Å². The molecule has 0 saturated heterocycles. The van der Waals surface area contributed by atoms with Crippen molar-refractivity contribution in [1.82, 2.24) is 10.2 Å². The van der Waals surface area contributed by atoms with Gasteiger partial charge in [0.05, 0.1) is 35.5 Å². The topological polar surface area (TPSA) is 111 Å². The highest BCUT2D eigenvalue weighted by molar-refractivity contribution is 6.09. The Labute approximate surface area is 210 Å². The van der Waals surface area contributed by atoms with E-state index in [0.717, 1.165) is 17.0 Å². The number of benzene rings is 2. The maximum atomic E-state index is 13.6. The van der Waals surface area contributed by atoms with Gasteiger partial charge in [-0.2, -0.15) is 18.4 Å². The molecule has 1 aliphatic carbocycles. The van der Waals surface area contributed by atoms with E-state index >= 15 is 0 Å². The first kappa shape index (κ1) is 25.6. The minimum Gasteiger partial charge on any atom is -0.349 e. The number of urea groups is 1. The lowest BCUT2D eigenvalue weighted by molar-refractivity contribution is -0.137. The number of rotatable bonds is 5. The summed E-state index contributed by atoms with van der Waals surface area (Å²) in [4.78, 5) is 53.3. The van der Waals surface area contributed by atoms with Gasteiger partial charge in [0.1, 0.15) is 0 Å². The summed E-state index contributed by atoms with van der Waals surface area (Å²) in [5.41, 5.74) is -0.0219. The van der Waals surface area contributed by atoms with E-state index in [1.54, 1.807) is 0 Å². The summed E-state index contributed by atoms with van der Waals surface area (Å²) in [6, 6.07) is 8.79. The van der Waals surface area contributed by atoms with Crippen LogP contribution in [-0.4, -0.2) is 42.0 Å². The van der Waals surface area contributed by atoms with Crippen molar-refractivity contribution in [1.29, 1.82) is 5.26 Å². The quantitative estimate of drug-likeness (QED) is 0.609. The standard InChI is InChI=1S/C26H21F3N4O4/c1-14(34)31-13-22(36)19-10-15(12-30)6-7-18(19)24-23-20(8-9-21(23)35)33(25(37)32(24)2)17-5-3-4-16(11-17)26(27,28)29/h3-7,10-11,24H,8-9,13H2,1-2H3,(H,31,34). The molecule has 190 valence electrons. The van der Waals surface area contributed by atoms with E-state index in [2.05, 4.69) is 5.32 Å². The van der Waals surface area contributed by atoms with Crippen molar-refractivity contribution in [3.8, 4) is 6.07 Å². The first-order valence-corrected chi connectivity index (χ1v) is 11.3. The normalized spacial score (nSPS) is 17.6. The van der Waals surface area contributed by atoms with Crippen molar-refractivity contribution in [2.24, 2.45) is 0 Å². The summed E-state index contributed by atoms with van der Waals surface area (Å²) in [5.74, 6) is -1.28. The summed E-state index contributed by atoms with van der Waals surface area (Å²) in [6.45, 7) is 0.877. The minimum absolute atomic E-state index is 0.0332. The molecule has 2 aromatic carbocycles. The second-order valence-electron chi connectivity index (χ2n) is 8.71. The molecule has 2 aromatic rings. The van der Waals surface area contributed by atoms with Gasteiger partial charge in [-0.1, -0.05) is 12.1 Å². The van der Waals surface area contributed by atoms with Crippen LogP contribution >= 0.6 is 0 Å². The van der Waals surface area contributed by atoms with Gasteiger partial charge in [-0.25, -0.2) is 4.79 Å². The van der Waals surface area contributed by atoms with Crippen LogP contribution in [0.15, 0.2) is 53.7 Å². The van der Waals surface area contributed by atoms with E-state index in [-0.39, 0.29) is 58.8 Å². The van der Waals surface area contributed by atoms with E-state index in [4.69, 9.17) is 0 Å². The largest absolute Gasteiger partial charge is 0.416 e. The molecule has 0 aromatic heterocycles. The van der Waals surface area contributed by atoms with E-state index in [1.807, 2.05) is 6.07 Å². The third-order valence-corrected chi connectivity index (χ3v) is 6.33. The molecule has 3 amide bonds. The molecule has 1 aliphatic heterocycles. The van der Waals surface area contributed by atoms with Gasteiger partial charge in [0.2, 0.25) is 5.91 Å². The summed E-state index contributed by atoms with van der Waals surface area (Å²) >= 11 is 0. The third kappa shape index (κ3) is 4.70. The number of hydrogen-bond donors (Lipinski definition) is 1. The van der Waals surface area contributed by atoms with Crippen molar-refractivity contribution in [2.75, 3.05) is 18.5 Å². The fourth-order valence-corrected chi connectivity index (χ4v) is 4.64. The average molecular weight is 510 g/mol. The molecule has 2 aliphatic rings. The molecule has 1 heterocycles. The Morgan fingerprint density at radius 2 is 1.86 bits per heavy atom. The van der Waals surface area contributed by atoms with Crippen LogP contribution in [0, 0.1) is 11.3 Å². The molecule has 1 N–H and O–H groups in total. The molecule has 8 nitrogen and oxygen atoms in total. The van der Waals surface area contributed by atoms with Gasteiger partial charge in [0, 0.05) is 37.2 Å².